The Morgan fingerprint density at radius 1 is 0.720 bits per heavy atom. The van der Waals surface area contributed by atoms with Gasteiger partial charge in [0.1, 0.15) is 5.60 Å². The minimum absolute atomic E-state index is 0.0888. The lowest BCUT2D eigenvalue weighted by molar-refractivity contribution is 0.0245. The number of aliphatic hydroxyl groups excluding tert-OH is 1. The smallest absolute Gasteiger partial charge is 0.144 e. The van der Waals surface area contributed by atoms with Gasteiger partial charge in [0.15, 0.2) is 0 Å². The molecule has 3 rings (SSSR count). The van der Waals surface area contributed by atoms with Gasteiger partial charge in [0.25, 0.3) is 0 Å². The Labute approximate surface area is 149 Å². The van der Waals surface area contributed by atoms with Crippen LogP contribution in [0.5, 0.6) is 0 Å². The highest BCUT2D eigenvalue weighted by atomic mass is 16.5. The Bertz CT molecular complexity index is 699. The lowest BCUT2D eigenvalue weighted by Gasteiger charge is -2.36. The van der Waals surface area contributed by atoms with Crippen LogP contribution in [0.1, 0.15) is 16.7 Å². The standard InChI is InChI=1S/C23H22O2/c1-19(17-24)18-25-23(20-11-5-2-6-12-20,21-13-7-3-8-14-21)22-15-9-4-10-16-22/h2-16,24H,1,17-18H2. The summed E-state index contributed by atoms with van der Waals surface area (Å²) >= 11 is 0. The van der Waals surface area contributed by atoms with Crippen molar-refractivity contribution in [2.75, 3.05) is 13.2 Å². The lowest BCUT2D eigenvalue weighted by atomic mass is 9.80. The van der Waals surface area contributed by atoms with E-state index in [2.05, 4.69) is 43.0 Å². The average Bonchev–Trinajstić information content (AvgIpc) is 2.71. The molecule has 0 saturated carbocycles. The fourth-order valence-corrected chi connectivity index (χ4v) is 3.02. The van der Waals surface area contributed by atoms with Crippen molar-refractivity contribution in [3.05, 3.63) is 120 Å². The number of benzene rings is 3. The SMILES string of the molecule is C=C(CO)COC(c1ccccc1)(c1ccccc1)c1ccccc1. The van der Waals surface area contributed by atoms with Gasteiger partial charge in [-0.15, -0.1) is 0 Å². The van der Waals surface area contributed by atoms with Crippen LogP contribution in [-0.4, -0.2) is 18.3 Å². The lowest BCUT2D eigenvalue weighted by Crippen LogP contribution is -2.33. The zero-order chi connectivity index (χ0) is 17.5. The van der Waals surface area contributed by atoms with Crippen LogP contribution in [-0.2, 0) is 10.3 Å². The third-order valence-corrected chi connectivity index (χ3v) is 4.26. The number of aliphatic hydroxyl groups is 1. The van der Waals surface area contributed by atoms with E-state index in [9.17, 15) is 5.11 Å². The Morgan fingerprint density at radius 3 is 1.40 bits per heavy atom. The first kappa shape index (κ1) is 17.2. The highest BCUT2D eigenvalue weighted by Gasteiger charge is 2.37. The molecule has 126 valence electrons. The molecule has 0 aliphatic carbocycles. The second-order valence-corrected chi connectivity index (χ2v) is 5.98. The summed E-state index contributed by atoms with van der Waals surface area (Å²) in [4.78, 5) is 0. The number of hydrogen-bond donors (Lipinski definition) is 1. The molecular formula is C23H22O2. The van der Waals surface area contributed by atoms with Gasteiger partial charge >= 0.3 is 0 Å². The summed E-state index contributed by atoms with van der Waals surface area (Å²) in [6, 6.07) is 30.5. The predicted octanol–water partition coefficient (Wildman–Crippen LogP) is 4.54. The summed E-state index contributed by atoms with van der Waals surface area (Å²) in [5.74, 6) is 0. The van der Waals surface area contributed by atoms with Crippen molar-refractivity contribution in [1.82, 2.24) is 0 Å². The van der Waals surface area contributed by atoms with E-state index in [-0.39, 0.29) is 13.2 Å². The van der Waals surface area contributed by atoms with Crippen LogP contribution in [0.25, 0.3) is 0 Å². The molecule has 0 fully saturated rings. The van der Waals surface area contributed by atoms with E-state index in [1.54, 1.807) is 0 Å². The number of hydrogen-bond acceptors (Lipinski definition) is 2. The van der Waals surface area contributed by atoms with Crippen LogP contribution in [0.15, 0.2) is 103 Å². The normalized spacial score (nSPS) is 11.2. The summed E-state index contributed by atoms with van der Waals surface area (Å²) < 4.78 is 6.48. The van der Waals surface area contributed by atoms with Crippen molar-refractivity contribution in [1.29, 1.82) is 0 Å². The van der Waals surface area contributed by atoms with Crippen LogP contribution in [0.3, 0.4) is 0 Å². The van der Waals surface area contributed by atoms with Crippen LogP contribution >= 0.6 is 0 Å². The number of rotatable bonds is 7. The van der Waals surface area contributed by atoms with E-state index < -0.39 is 5.60 Å². The molecule has 3 aromatic rings. The zero-order valence-electron chi connectivity index (χ0n) is 14.1. The van der Waals surface area contributed by atoms with Crippen LogP contribution in [0.2, 0.25) is 0 Å². The molecule has 1 N–H and O–H groups in total. The molecule has 0 unspecified atom stereocenters. The molecule has 0 bridgehead atoms. The van der Waals surface area contributed by atoms with Gasteiger partial charge in [-0.1, -0.05) is 97.6 Å². The molecule has 0 amide bonds. The van der Waals surface area contributed by atoms with E-state index in [4.69, 9.17) is 4.74 Å². The first-order valence-electron chi connectivity index (χ1n) is 8.35. The highest BCUT2D eigenvalue weighted by molar-refractivity contribution is 5.47. The largest absolute Gasteiger partial charge is 0.392 e. The molecule has 0 radical (unpaired) electrons. The topological polar surface area (TPSA) is 29.5 Å². The minimum Gasteiger partial charge on any atom is -0.392 e. The van der Waals surface area contributed by atoms with Gasteiger partial charge in [0.2, 0.25) is 0 Å². The quantitative estimate of drug-likeness (QED) is 0.509. The summed E-state index contributed by atoms with van der Waals surface area (Å²) in [5, 5.41) is 9.36. The summed E-state index contributed by atoms with van der Waals surface area (Å²) in [6.45, 7) is 4.07. The molecule has 2 heteroatoms. The predicted molar refractivity (Wildman–Crippen MR) is 101 cm³/mol. The second-order valence-electron chi connectivity index (χ2n) is 5.98. The van der Waals surface area contributed by atoms with Gasteiger partial charge in [0.05, 0.1) is 13.2 Å². The van der Waals surface area contributed by atoms with Crippen molar-refractivity contribution in [2.24, 2.45) is 0 Å². The van der Waals surface area contributed by atoms with Crippen molar-refractivity contribution in [2.45, 2.75) is 5.60 Å². The first-order chi connectivity index (χ1) is 12.3. The maximum absolute atomic E-state index is 9.36. The van der Waals surface area contributed by atoms with E-state index in [0.29, 0.717) is 5.57 Å². The van der Waals surface area contributed by atoms with Crippen molar-refractivity contribution < 1.29 is 9.84 Å². The van der Waals surface area contributed by atoms with Crippen LogP contribution in [0.4, 0.5) is 0 Å². The fraction of sp³-hybridized carbons (Fsp3) is 0.130. The molecule has 0 heterocycles. The molecule has 2 nitrogen and oxygen atoms in total. The Morgan fingerprint density at radius 2 is 1.08 bits per heavy atom. The minimum atomic E-state index is -0.762. The Balaban J connectivity index is 2.22. The fourth-order valence-electron chi connectivity index (χ4n) is 3.02. The third kappa shape index (κ3) is 3.55. The molecule has 0 aliphatic rings. The zero-order valence-corrected chi connectivity index (χ0v) is 14.1. The van der Waals surface area contributed by atoms with Gasteiger partial charge in [-0.05, 0) is 22.3 Å². The molecule has 25 heavy (non-hydrogen) atoms. The highest BCUT2D eigenvalue weighted by Crippen LogP contribution is 2.40. The number of ether oxygens (including phenoxy) is 1. The molecule has 0 aliphatic heterocycles. The first-order valence-corrected chi connectivity index (χ1v) is 8.35. The molecule has 3 aromatic carbocycles. The third-order valence-electron chi connectivity index (χ3n) is 4.26. The van der Waals surface area contributed by atoms with E-state index in [1.165, 1.54) is 0 Å². The maximum Gasteiger partial charge on any atom is 0.144 e. The molecule has 0 atom stereocenters. The van der Waals surface area contributed by atoms with E-state index >= 15 is 0 Å². The van der Waals surface area contributed by atoms with Gasteiger partial charge in [-0.2, -0.15) is 0 Å². The van der Waals surface area contributed by atoms with Crippen LogP contribution < -0.4 is 0 Å². The maximum atomic E-state index is 9.36. The summed E-state index contributed by atoms with van der Waals surface area (Å²) in [6.07, 6.45) is 0. The molecule has 0 aromatic heterocycles. The molecular weight excluding hydrogens is 308 g/mol. The van der Waals surface area contributed by atoms with Gasteiger partial charge in [0, 0.05) is 0 Å². The Kier molecular flexibility index (Phi) is 5.44. The van der Waals surface area contributed by atoms with Crippen molar-refractivity contribution in [3.8, 4) is 0 Å². The Hall–Kier alpha value is -2.68. The summed E-state index contributed by atoms with van der Waals surface area (Å²) in [7, 11) is 0. The average molecular weight is 330 g/mol. The van der Waals surface area contributed by atoms with Crippen LogP contribution in [0, 0.1) is 0 Å². The summed E-state index contributed by atoms with van der Waals surface area (Å²) in [5.41, 5.74) is 3.00. The second kappa shape index (κ2) is 7.93. The van der Waals surface area contributed by atoms with Gasteiger partial charge in [-0.25, -0.2) is 0 Å². The van der Waals surface area contributed by atoms with Gasteiger partial charge < -0.3 is 9.84 Å². The van der Waals surface area contributed by atoms with E-state index in [0.717, 1.165) is 16.7 Å². The molecule has 0 spiro atoms. The van der Waals surface area contributed by atoms with Crippen molar-refractivity contribution in [3.63, 3.8) is 0 Å². The van der Waals surface area contributed by atoms with E-state index in [1.807, 2.05) is 54.6 Å². The van der Waals surface area contributed by atoms with Gasteiger partial charge in [-0.3, -0.25) is 0 Å². The monoisotopic (exact) mass is 330 g/mol. The van der Waals surface area contributed by atoms with Crippen molar-refractivity contribution >= 4 is 0 Å². The molecule has 0 saturated heterocycles.